The zero-order valence-electron chi connectivity index (χ0n) is 16.6. The van der Waals surface area contributed by atoms with Gasteiger partial charge in [0.1, 0.15) is 10.2 Å². The highest BCUT2D eigenvalue weighted by Gasteiger charge is 2.35. The van der Waals surface area contributed by atoms with Gasteiger partial charge in [0, 0.05) is 11.1 Å². The van der Waals surface area contributed by atoms with Gasteiger partial charge in [0.15, 0.2) is 0 Å². The van der Waals surface area contributed by atoms with E-state index in [1.807, 2.05) is 0 Å². The summed E-state index contributed by atoms with van der Waals surface area (Å²) in [5, 5.41) is 3.52. The molecule has 1 amide bonds. The lowest BCUT2D eigenvalue weighted by Crippen LogP contribution is -2.28. The Morgan fingerprint density at radius 2 is 2.18 bits per heavy atom. The van der Waals surface area contributed by atoms with Gasteiger partial charge < -0.3 is 10.1 Å². The molecule has 0 aliphatic heterocycles. The zero-order valence-corrected chi connectivity index (χ0v) is 18.2. The maximum absolute atomic E-state index is 12.7. The molecular formula is C21H25ClN2O3S. The Balaban J connectivity index is 1.95. The average molecular weight is 421 g/mol. The van der Waals surface area contributed by atoms with Crippen molar-refractivity contribution in [3.8, 4) is 0 Å². The van der Waals surface area contributed by atoms with Gasteiger partial charge in [-0.3, -0.25) is 4.79 Å². The summed E-state index contributed by atoms with van der Waals surface area (Å²) in [4.78, 5) is 30.3. The Bertz CT molecular complexity index is 907. The van der Waals surface area contributed by atoms with E-state index in [1.54, 1.807) is 12.1 Å². The number of rotatable bonds is 5. The van der Waals surface area contributed by atoms with E-state index in [4.69, 9.17) is 16.3 Å². The van der Waals surface area contributed by atoms with Crippen LogP contribution in [-0.4, -0.2) is 24.0 Å². The van der Waals surface area contributed by atoms with Crippen molar-refractivity contribution in [3.63, 3.8) is 0 Å². The third-order valence-electron chi connectivity index (χ3n) is 5.90. The molecule has 2 aromatic heterocycles. The molecule has 0 saturated carbocycles. The van der Waals surface area contributed by atoms with Crippen molar-refractivity contribution in [2.75, 3.05) is 12.4 Å². The van der Waals surface area contributed by atoms with Crippen LogP contribution >= 0.6 is 22.9 Å². The Kier molecular flexibility index (Phi) is 6.10. The Hall–Kier alpha value is -1.92. The lowest BCUT2D eigenvalue weighted by atomic mass is 9.69. The van der Waals surface area contributed by atoms with Gasteiger partial charge in [0.2, 0.25) is 0 Å². The number of nitrogens with zero attached hydrogens (tertiary/aromatic N) is 1. The van der Waals surface area contributed by atoms with Crippen LogP contribution in [0.4, 0.5) is 5.00 Å². The fraction of sp³-hybridized carbons (Fsp3) is 0.476. The second kappa shape index (κ2) is 8.21. The number of amides is 1. The van der Waals surface area contributed by atoms with Gasteiger partial charge in [-0.05, 0) is 48.3 Å². The molecular weight excluding hydrogens is 396 g/mol. The van der Waals surface area contributed by atoms with Gasteiger partial charge >= 0.3 is 5.97 Å². The van der Waals surface area contributed by atoms with Gasteiger partial charge in [-0.2, -0.15) is 0 Å². The molecule has 2 aromatic rings. The van der Waals surface area contributed by atoms with Crippen molar-refractivity contribution >= 4 is 39.8 Å². The fourth-order valence-corrected chi connectivity index (χ4v) is 5.19. The van der Waals surface area contributed by atoms with E-state index in [0.29, 0.717) is 16.5 Å². The lowest BCUT2D eigenvalue weighted by molar-refractivity contribution is 0.0600. The highest BCUT2D eigenvalue weighted by molar-refractivity contribution is 7.17. The highest BCUT2D eigenvalue weighted by Crippen LogP contribution is 2.45. The summed E-state index contributed by atoms with van der Waals surface area (Å²) >= 11 is 7.51. The molecule has 1 N–H and O–H groups in total. The average Bonchev–Trinajstić information content (AvgIpc) is 3.04. The summed E-state index contributed by atoms with van der Waals surface area (Å²) in [5.41, 5.74) is 1.99. The standard InChI is InChI=1S/C21H25ClN2O3S/c1-5-21(2,3)12-8-9-13-15(11-12)28-19(16(13)20(26)27-4)24-18(25)14-7-6-10-23-17(14)22/h6-7,10,12H,5,8-9,11H2,1-4H3,(H,24,25). The van der Waals surface area contributed by atoms with E-state index in [-0.39, 0.29) is 22.0 Å². The van der Waals surface area contributed by atoms with Crippen LogP contribution in [0.2, 0.25) is 5.15 Å². The Morgan fingerprint density at radius 3 is 2.82 bits per heavy atom. The number of esters is 1. The zero-order chi connectivity index (χ0) is 20.5. The van der Waals surface area contributed by atoms with Crippen molar-refractivity contribution in [1.29, 1.82) is 0 Å². The molecule has 0 radical (unpaired) electrons. The van der Waals surface area contributed by atoms with Gasteiger partial charge in [-0.1, -0.05) is 38.8 Å². The molecule has 150 valence electrons. The first-order chi connectivity index (χ1) is 13.3. The van der Waals surface area contributed by atoms with Crippen molar-refractivity contribution in [3.05, 3.63) is 45.1 Å². The number of pyridine rings is 1. The first kappa shape index (κ1) is 20.8. The predicted molar refractivity (Wildman–Crippen MR) is 112 cm³/mol. The van der Waals surface area contributed by atoms with Crippen LogP contribution in [0.15, 0.2) is 18.3 Å². The summed E-state index contributed by atoms with van der Waals surface area (Å²) in [6.45, 7) is 6.81. The van der Waals surface area contributed by atoms with Crippen molar-refractivity contribution in [2.24, 2.45) is 11.3 Å². The maximum Gasteiger partial charge on any atom is 0.341 e. The monoisotopic (exact) mass is 420 g/mol. The smallest absolute Gasteiger partial charge is 0.341 e. The summed E-state index contributed by atoms with van der Waals surface area (Å²) in [5.74, 6) is -0.254. The lowest BCUT2D eigenvalue weighted by Gasteiger charge is -2.36. The number of methoxy groups -OCH3 is 1. The van der Waals surface area contributed by atoms with Gasteiger partial charge in [0.05, 0.1) is 18.2 Å². The molecule has 0 spiro atoms. The van der Waals surface area contributed by atoms with Crippen molar-refractivity contribution < 1.29 is 14.3 Å². The van der Waals surface area contributed by atoms with E-state index in [9.17, 15) is 9.59 Å². The molecule has 2 heterocycles. The molecule has 7 heteroatoms. The molecule has 0 bridgehead atoms. The third kappa shape index (κ3) is 3.94. The minimum Gasteiger partial charge on any atom is -0.465 e. The Labute approximate surface area is 174 Å². The van der Waals surface area contributed by atoms with Gasteiger partial charge in [-0.15, -0.1) is 11.3 Å². The molecule has 3 rings (SSSR count). The molecule has 28 heavy (non-hydrogen) atoms. The van der Waals surface area contributed by atoms with Crippen molar-refractivity contribution in [1.82, 2.24) is 4.98 Å². The molecule has 0 fully saturated rings. The number of hydrogen-bond donors (Lipinski definition) is 1. The second-order valence-corrected chi connectivity index (χ2v) is 9.24. The summed E-state index contributed by atoms with van der Waals surface area (Å²) in [6, 6.07) is 3.26. The highest BCUT2D eigenvalue weighted by atomic mass is 35.5. The van der Waals surface area contributed by atoms with E-state index < -0.39 is 5.97 Å². The second-order valence-electron chi connectivity index (χ2n) is 7.78. The molecule has 1 aliphatic rings. The van der Waals surface area contributed by atoms with Crippen LogP contribution in [0.1, 0.15) is 64.8 Å². The molecule has 0 saturated heterocycles. The topological polar surface area (TPSA) is 68.3 Å². The van der Waals surface area contributed by atoms with Gasteiger partial charge in [0.25, 0.3) is 5.91 Å². The maximum atomic E-state index is 12.7. The minimum atomic E-state index is -0.418. The summed E-state index contributed by atoms with van der Waals surface area (Å²) in [7, 11) is 1.36. The van der Waals surface area contributed by atoms with Crippen LogP contribution in [0.3, 0.4) is 0 Å². The first-order valence-electron chi connectivity index (χ1n) is 9.43. The molecule has 1 atom stereocenters. The first-order valence-corrected chi connectivity index (χ1v) is 10.6. The van der Waals surface area contributed by atoms with E-state index in [1.165, 1.54) is 24.6 Å². The normalized spacial score (nSPS) is 16.4. The number of hydrogen-bond acceptors (Lipinski definition) is 5. The third-order valence-corrected chi connectivity index (χ3v) is 7.37. The largest absolute Gasteiger partial charge is 0.465 e. The van der Waals surface area contributed by atoms with Gasteiger partial charge in [-0.25, -0.2) is 9.78 Å². The molecule has 5 nitrogen and oxygen atoms in total. The number of carbonyl (C=O) groups excluding carboxylic acids is 2. The van der Waals surface area contributed by atoms with E-state index >= 15 is 0 Å². The predicted octanol–water partition coefficient (Wildman–Crippen LogP) is 5.38. The number of ether oxygens (including phenoxy) is 1. The number of thiophene rings is 1. The number of carbonyl (C=O) groups is 2. The number of anilines is 1. The number of halogens is 1. The van der Waals surface area contributed by atoms with Crippen LogP contribution in [-0.2, 0) is 17.6 Å². The number of aromatic nitrogens is 1. The molecule has 0 aromatic carbocycles. The van der Waals surface area contributed by atoms with Crippen LogP contribution in [0.25, 0.3) is 0 Å². The van der Waals surface area contributed by atoms with Crippen LogP contribution in [0.5, 0.6) is 0 Å². The van der Waals surface area contributed by atoms with Crippen molar-refractivity contribution in [2.45, 2.75) is 46.5 Å². The summed E-state index contributed by atoms with van der Waals surface area (Å²) < 4.78 is 5.01. The van der Waals surface area contributed by atoms with Crippen LogP contribution < -0.4 is 5.32 Å². The molecule has 1 unspecified atom stereocenters. The summed E-state index contributed by atoms with van der Waals surface area (Å²) in [6.07, 6.45) is 5.38. The van der Waals surface area contributed by atoms with E-state index in [0.717, 1.165) is 36.1 Å². The fourth-order valence-electron chi connectivity index (χ4n) is 3.67. The van der Waals surface area contributed by atoms with E-state index in [2.05, 4.69) is 31.1 Å². The Morgan fingerprint density at radius 1 is 1.43 bits per heavy atom. The number of fused-ring (bicyclic) bond motifs is 1. The molecule has 1 aliphatic carbocycles. The SMILES string of the molecule is CCC(C)(C)C1CCc2c(sc(NC(=O)c3cccnc3Cl)c2C(=O)OC)C1. The quantitative estimate of drug-likeness (QED) is 0.521. The van der Waals surface area contributed by atoms with Crippen LogP contribution in [0, 0.1) is 11.3 Å². The number of nitrogens with one attached hydrogen (secondary N) is 1. The minimum absolute atomic E-state index is 0.130.